The van der Waals surface area contributed by atoms with Crippen LogP contribution in [0.4, 0.5) is 35.1 Å². The van der Waals surface area contributed by atoms with E-state index in [1.54, 1.807) is 0 Å². The second-order valence-electron chi connectivity index (χ2n) is 45.2. The molecule has 16 saturated carbocycles. The molecule has 14 heteroatoms. The van der Waals surface area contributed by atoms with Crippen LogP contribution in [-0.2, 0) is 53.7 Å². The van der Waals surface area contributed by atoms with Crippen molar-refractivity contribution in [3.63, 3.8) is 0 Å². The number of unbranched alkanes of at least 4 members (excludes halogenated alkanes) is 2. The molecule has 0 atom stereocenters. The summed E-state index contributed by atoms with van der Waals surface area (Å²) in [6.07, 6.45) is 48.8. The van der Waals surface area contributed by atoms with Crippen molar-refractivity contribution >= 4 is 26.5 Å². The number of hydrogen-bond donors (Lipinski definition) is 0. The molecule has 0 heterocycles. The minimum absolute atomic E-state index is 0. The molecular formula is C112H148F8O2P2Pd2+2. The third-order valence-corrected chi connectivity index (χ3v) is 43.1. The van der Waals surface area contributed by atoms with Gasteiger partial charge in [-0.1, -0.05) is 170 Å². The van der Waals surface area contributed by atoms with Gasteiger partial charge in [-0.05, 0) is 380 Å². The first-order valence-electron chi connectivity index (χ1n) is 49.9. The van der Waals surface area contributed by atoms with Crippen LogP contribution in [-0.4, -0.2) is 34.8 Å². The number of allylic oxidation sites excluding steroid dienone is 4. The van der Waals surface area contributed by atoms with Gasteiger partial charge >= 0.3 is 0 Å². The van der Waals surface area contributed by atoms with E-state index in [0.29, 0.717) is 36.8 Å². The Morgan fingerprint density at radius 2 is 0.532 bits per heavy atom. The van der Waals surface area contributed by atoms with Gasteiger partial charge in [0.15, 0.2) is 58.0 Å². The average Bonchev–Trinajstić information content (AvgIpc) is 0.689. The van der Waals surface area contributed by atoms with E-state index in [1.807, 2.05) is 55.8 Å². The monoisotopic (exact) mass is 1950 g/mol. The van der Waals surface area contributed by atoms with Crippen LogP contribution in [0.1, 0.15) is 382 Å². The zero-order valence-corrected chi connectivity index (χ0v) is 83.9. The van der Waals surface area contributed by atoms with Crippen molar-refractivity contribution in [3.05, 3.63) is 164 Å². The molecule has 16 fully saturated rings. The fraction of sp³-hybridized carbons (Fsp3) is 0.643. The Labute approximate surface area is 782 Å². The molecule has 0 aliphatic heterocycles. The third kappa shape index (κ3) is 17.5. The van der Waals surface area contributed by atoms with Gasteiger partial charge in [0.1, 0.15) is 10.6 Å². The van der Waals surface area contributed by atoms with Crippen LogP contribution < -0.4 is 20.1 Å². The summed E-state index contributed by atoms with van der Waals surface area (Å²) in [5.74, 6) is 1.08. The topological polar surface area (TPSA) is 18.5 Å². The van der Waals surface area contributed by atoms with E-state index in [2.05, 4.69) is 128 Å². The Bertz CT molecular complexity index is 4420. The molecule has 16 bridgehead atoms. The summed E-state index contributed by atoms with van der Waals surface area (Å²) >= 11 is 0. The van der Waals surface area contributed by atoms with Crippen LogP contribution in [0.3, 0.4) is 0 Å². The molecule has 126 heavy (non-hydrogen) atoms. The molecule has 2 nitrogen and oxygen atoms in total. The van der Waals surface area contributed by atoms with E-state index < -0.39 is 84.6 Å². The molecule has 6 aromatic rings. The maximum absolute atomic E-state index is 16.9. The summed E-state index contributed by atoms with van der Waals surface area (Å²) in [4.78, 5) is 0. The van der Waals surface area contributed by atoms with E-state index in [0.717, 1.165) is 138 Å². The Morgan fingerprint density at radius 3 is 0.730 bits per heavy atom. The summed E-state index contributed by atoms with van der Waals surface area (Å²) < 4.78 is 146. The molecule has 0 radical (unpaired) electrons. The molecule has 0 aromatic heterocycles. The average molecular weight is 1950 g/mol. The summed E-state index contributed by atoms with van der Waals surface area (Å²) in [6.45, 7) is 29.2. The molecular weight excluding hydrogens is 1800 g/mol. The van der Waals surface area contributed by atoms with E-state index in [9.17, 15) is 0 Å². The van der Waals surface area contributed by atoms with Gasteiger partial charge in [0, 0.05) is 63.1 Å². The van der Waals surface area contributed by atoms with Crippen LogP contribution in [0.5, 0.6) is 11.5 Å². The summed E-state index contributed by atoms with van der Waals surface area (Å²) in [7, 11) is 0.986. The van der Waals surface area contributed by atoms with Gasteiger partial charge in [-0.3, -0.25) is 0 Å². The molecule has 0 saturated heterocycles. The van der Waals surface area contributed by atoms with Crippen LogP contribution in [0, 0.1) is 118 Å². The van der Waals surface area contributed by atoms with E-state index in [4.69, 9.17) is 9.47 Å². The number of hydrogen-bond acceptors (Lipinski definition) is 2. The molecule has 17 aliphatic rings. The predicted octanol–water partition coefficient (Wildman–Crippen LogP) is 32.8. The number of methoxy groups -OCH3 is 2. The maximum Gasteiger partial charge on any atom is 0.170 e. The van der Waals surface area contributed by atoms with Gasteiger partial charge in [-0.15, -0.1) is 0 Å². The zero-order chi connectivity index (χ0) is 87.7. The van der Waals surface area contributed by atoms with Gasteiger partial charge in [-0.25, -0.2) is 35.1 Å². The van der Waals surface area contributed by atoms with Gasteiger partial charge in [0.05, 0.1) is 61.8 Å². The first kappa shape index (κ1) is 96.6. The molecule has 6 aromatic carbocycles. The zero-order valence-electron chi connectivity index (χ0n) is 78.8. The normalized spacial score (nSPS) is 30.7. The fourth-order valence-corrected chi connectivity index (χ4v) is 43.7. The molecule has 0 N–H and O–H groups in total. The molecule has 23 rings (SSSR count). The molecule has 0 spiro atoms. The smallest absolute Gasteiger partial charge is 0.170 e. The van der Waals surface area contributed by atoms with Crippen molar-refractivity contribution in [2.24, 2.45) is 71.0 Å². The molecule has 0 amide bonds. The van der Waals surface area contributed by atoms with E-state index in [1.165, 1.54) is 190 Å². The van der Waals surface area contributed by atoms with Crippen LogP contribution in [0.25, 0.3) is 44.5 Å². The van der Waals surface area contributed by atoms with E-state index in [-0.39, 0.29) is 110 Å². The van der Waals surface area contributed by atoms with Crippen LogP contribution >= 0.6 is 15.8 Å². The summed E-state index contributed by atoms with van der Waals surface area (Å²) in [5, 5.41) is 3.96. The first-order valence-corrected chi connectivity index (χ1v) is 52.9. The third-order valence-electron chi connectivity index (χ3n) is 34.4. The quantitative estimate of drug-likeness (QED) is 0.0198. The number of benzene rings is 6. The predicted molar refractivity (Wildman–Crippen MR) is 505 cm³/mol. The fourth-order valence-electron chi connectivity index (χ4n) is 31.6. The van der Waals surface area contributed by atoms with Gasteiger partial charge < -0.3 is 9.47 Å². The first-order chi connectivity index (χ1) is 59.4. The molecule has 17 aliphatic carbocycles. The van der Waals surface area contributed by atoms with Gasteiger partial charge in [0.25, 0.3) is 0 Å². The maximum atomic E-state index is 16.9. The largest absolute Gasteiger partial charge is 0.493 e. The number of halogens is 8. The van der Waals surface area contributed by atoms with Gasteiger partial charge in [0.2, 0.25) is 0 Å². The van der Waals surface area contributed by atoms with Crippen LogP contribution in [0.2, 0.25) is 0 Å². The van der Waals surface area contributed by atoms with Crippen molar-refractivity contribution in [1.29, 1.82) is 0 Å². The Hall–Kier alpha value is -3.98. The van der Waals surface area contributed by atoms with Crippen molar-refractivity contribution in [2.45, 2.75) is 371 Å². The Kier molecular flexibility index (Phi) is 29.7. The SMILES string of the molecule is C1=C\CC/C=C\CC/1.CCCCc1c(F)c(F)c(-c2c(C(C)C)cc(C(C)C)c(-c3cccc(OC)c3[PH+](C34CC5CC(CC(C5)C3)C4)C34CC5CC(CC(C5)C3)C4)c2C(C)C)c(F)c1F.CCCCc1c(F)c(F)c(-c2c(C(C)C)cc(C(C)C)c(-c3cccc(OC)c3[PH+](C34CC5CC(CC(C5)C3)C4)C34CC5CC(CC(C5)C3)C4)c2C(C)C)c(F)c1F.[Pd].[Pd]. The van der Waals surface area contributed by atoms with E-state index >= 15 is 35.1 Å². The Morgan fingerprint density at radius 1 is 0.310 bits per heavy atom. The number of ether oxygens (including phenoxy) is 2. The Balaban J connectivity index is 0.000000176. The summed E-state index contributed by atoms with van der Waals surface area (Å²) in [6, 6.07) is 17.6. The van der Waals surface area contributed by atoms with Crippen molar-refractivity contribution in [2.75, 3.05) is 14.2 Å². The minimum Gasteiger partial charge on any atom is -0.493 e. The standard InChI is InChI=1S/2C52H67F4OP.C8H12.2Pd/c2*1-9-10-12-38-46(53)48(55)45(49(56)47(38)54)44-40(29(4)5)21-39(28(2)3)43(42(44)30(6)7)37-13-11-14-41(57-8)50(37)58(51-22-31-15-32(23-51)17-33(16-31)24-51)52-25-34-18-35(26-52)20-36(19-34)27-52;1-2-4-6-8-7-5-3-1;;/h2*11,13-14,21,28-36H,9-10,12,15-20,22-27H2,1-8H3;1-2,7-8H,3-6H2;;/p+2/b;;2-1-,8-7-;;. The second kappa shape index (κ2) is 38.8. The van der Waals surface area contributed by atoms with Crippen LogP contribution in [0.15, 0.2) is 72.8 Å². The van der Waals surface area contributed by atoms with Crippen molar-refractivity contribution < 1.29 is 85.4 Å². The second-order valence-corrected chi connectivity index (χ2v) is 51.9. The number of rotatable bonds is 24. The van der Waals surface area contributed by atoms with Crippen molar-refractivity contribution in [3.8, 4) is 56.0 Å². The summed E-state index contributed by atoms with van der Waals surface area (Å²) in [5.41, 5.74) is 8.36. The van der Waals surface area contributed by atoms with Gasteiger partial charge in [-0.2, -0.15) is 0 Å². The molecule has 0 unspecified atom stereocenters. The minimum atomic E-state index is -1.35. The molecule has 692 valence electrons. The van der Waals surface area contributed by atoms with Crippen molar-refractivity contribution in [1.82, 2.24) is 0 Å².